The SMILES string of the molecule is ON=CCc1cc(-c2ccccc2)no1. The Labute approximate surface area is 86.8 Å². The molecule has 0 aliphatic rings. The summed E-state index contributed by atoms with van der Waals surface area (Å²) in [7, 11) is 0. The first-order valence-corrected chi connectivity index (χ1v) is 4.57. The molecule has 0 radical (unpaired) electrons. The van der Waals surface area contributed by atoms with E-state index < -0.39 is 0 Å². The van der Waals surface area contributed by atoms with E-state index in [2.05, 4.69) is 10.3 Å². The van der Waals surface area contributed by atoms with Crippen molar-refractivity contribution in [3.05, 3.63) is 42.2 Å². The van der Waals surface area contributed by atoms with Gasteiger partial charge < -0.3 is 9.73 Å². The fourth-order valence-electron chi connectivity index (χ4n) is 1.28. The lowest BCUT2D eigenvalue weighted by Gasteiger charge is -1.91. The van der Waals surface area contributed by atoms with Gasteiger partial charge in [-0.25, -0.2) is 0 Å². The van der Waals surface area contributed by atoms with Crippen molar-refractivity contribution in [2.75, 3.05) is 0 Å². The van der Waals surface area contributed by atoms with Crippen LogP contribution in [0.2, 0.25) is 0 Å². The smallest absolute Gasteiger partial charge is 0.142 e. The highest BCUT2D eigenvalue weighted by atomic mass is 16.5. The first kappa shape index (κ1) is 9.45. The molecule has 0 aliphatic heterocycles. The predicted molar refractivity (Wildman–Crippen MR) is 55.9 cm³/mol. The number of nitrogens with zero attached hydrogens (tertiary/aromatic N) is 2. The molecule has 0 amide bonds. The van der Waals surface area contributed by atoms with Gasteiger partial charge in [0.2, 0.25) is 0 Å². The summed E-state index contributed by atoms with van der Waals surface area (Å²) in [4.78, 5) is 0. The first-order chi connectivity index (χ1) is 7.40. The van der Waals surface area contributed by atoms with Crippen molar-refractivity contribution in [2.24, 2.45) is 5.16 Å². The molecule has 2 rings (SSSR count). The van der Waals surface area contributed by atoms with Crippen LogP contribution in [-0.4, -0.2) is 16.6 Å². The first-order valence-electron chi connectivity index (χ1n) is 4.57. The van der Waals surface area contributed by atoms with Gasteiger partial charge in [-0.15, -0.1) is 5.16 Å². The van der Waals surface area contributed by atoms with E-state index in [4.69, 9.17) is 9.73 Å². The van der Waals surface area contributed by atoms with Crippen molar-refractivity contribution in [3.63, 3.8) is 0 Å². The molecule has 1 aromatic heterocycles. The second kappa shape index (κ2) is 4.41. The Morgan fingerprint density at radius 3 is 2.87 bits per heavy atom. The predicted octanol–water partition coefficient (Wildman–Crippen LogP) is 2.34. The van der Waals surface area contributed by atoms with E-state index in [0.29, 0.717) is 12.2 Å². The minimum absolute atomic E-state index is 0.441. The zero-order valence-corrected chi connectivity index (χ0v) is 8.00. The molecule has 4 nitrogen and oxygen atoms in total. The second-order valence-corrected chi connectivity index (χ2v) is 3.05. The zero-order chi connectivity index (χ0) is 10.5. The van der Waals surface area contributed by atoms with Crippen LogP contribution in [-0.2, 0) is 6.42 Å². The van der Waals surface area contributed by atoms with Gasteiger partial charge in [0.1, 0.15) is 11.5 Å². The van der Waals surface area contributed by atoms with Crippen LogP contribution < -0.4 is 0 Å². The maximum atomic E-state index is 8.26. The van der Waals surface area contributed by atoms with Crippen LogP contribution in [0.1, 0.15) is 5.76 Å². The van der Waals surface area contributed by atoms with Crippen molar-refractivity contribution < 1.29 is 9.73 Å². The molecule has 1 N–H and O–H groups in total. The monoisotopic (exact) mass is 202 g/mol. The maximum absolute atomic E-state index is 8.26. The molecule has 15 heavy (non-hydrogen) atoms. The van der Waals surface area contributed by atoms with E-state index in [0.717, 1.165) is 11.3 Å². The molecule has 0 spiro atoms. The normalized spacial score (nSPS) is 10.9. The topological polar surface area (TPSA) is 58.6 Å². The van der Waals surface area contributed by atoms with Crippen LogP contribution >= 0.6 is 0 Å². The van der Waals surface area contributed by atoms with Crippen LogP contribution in [0, 0.1) is 0 Å². The highest BCUT2D eigenvalue weighted by Gasteiger charge is 2.04. The van der Waals surface area contributed by atoms with E-state index in [1.807, 2.05) is 36.4 Å². The van der Waals surface area contributed by atoms with Crippen molar-refractivity contribution in [3.8, 4) is 11.3 Å². The van der Waals surface area contributed by atoms with Gasteiger partial charge in [-0.2, -0.15) is 0 Å². The van der Waals surface area contributed by atoms with Gasteiger partial charge in [-0.1, -0.05) is 35.5 Å². The lowest BCUT2D eigenvalue weighted by Crippen LogP contribution is -1.80. The molecule has 0 aliphatic carbocycles. The molecule has 0 unspecified atom stereocenters. The number of hydrogen-bond acceptors (Lipinski definition) is 4. The van der Waals surface area contributed by atoms with E-state index in [9.17, 15) is 0 Å². The Kier molecular flexibility index (Phi) is 2.78. The van der Waals surface area contributed by atoms with Gasteiger partial charge in [0.05, 0.1) is 6.21 Å². The molecule has 2 aromatic rings. The van der Waals surface area contributed by atoms with Crippen molar-refractivity contribution in [1.29, 1.82) is 0 Å². The van der Waals surface area contributed by atoms with Crippen molar-refractivity contribution in [1.82, 2.24) is 5.16 Å². The fourth-order valence-corrected chi connectivity index (χ4v) is 1.28. The standard InChI is InChI=1S/C11H10N2O2/c14-12-7-6-10-8-11(13-15-10)9-4-2-1-3-5-9/h1-5,7-8,14H,6H2. The Bertz CT molecular complexity index is 449. The summed E-state index contributed by atoms with van der Waals surface area (Å²) < 4.78 is 5.07. The van der Waals surface area contributed by atoms with Gasteiger partial charge in [0, 0.05) is 18.1 Å². The van der Waals surface area contributed by atoms with Crippen molar-refractivity contribution in [2.45, 2.75) is 6.42 Å². The number of benzene rings is 1. The molecule has 0 bridgehead atoms. The molecule has 0 atom stereocenters. The van der Waals surface area contributed by atoms with Gasteiger partial charge in [-0.05, 0) is 0 Å². The largest absolute Gasteiger partial charge is 0.411 e. The molecule has 1 aromatic carbocycles. The third-order valence-electron chi connectivity index (χ3n) is 2.00. The minimum Gasteiger partial charge on any atom is -0.411 e. The zero-order valence-electron chi connectivity index (χ0n) is 8.00. The van der Waals surface area contributed by atoms with E-state index >= 15 is 0 Å². The summed E-state index contributed by atoms with van der Waals surface area (Å²) in [5, 5.41) is 15.1. The van der Waals surface area contributed by atoms with E-state index in [-0.39, 0.29) is 0 Å². The summed E-state index contributed by atoms with van der Waals surface area (Å²) in [6.07, 6.45) is 1.80. The molecule has 0 saturated heterocycles. The molecule has 1 heterocycles. The van der Waals surface area contributed by atoms with Gasteiger partial charge in [0.15, 0.2) is 0 Å². The molecule has 0 fully saturated rings. The molecular weight excluding hydrogens is 192 g/mol. The molecule has 76 valence electrons. The Morgan fingerprint density at radius 1 is 1.33 bits per heavy atom. The molecular formula is C11H10N2O2. The van der Waals surface area contributed by atoms with E-state index in [1.165, 1.54) is 6.21 Å². The fraction of sp³-hybridized carbons (Fsp3) is 0.0909. The third kappa shape index (κ3) is 2.22. The average molecular weight is 202 g/mol. The average Bonchev–Trinajstić information content (AvgIpc) is 2.76. The lowest BCUT2D eigenvalue weighted by molar-refractivity contribution is 0.319. The van der Waals surface area contributed by atoms with E-state index in [1.54, 1.807) is 0 Å². The van der Waals surface area contributed by atoms with Crippen LogP contribution in [0.5, 0.6) is 0 Å². The molecule has 4 heteroatoms. The summed E-state index contributed by atoms with van der Waals surface area (Å²) >= 11 is 0. The van der Waals surface area contributed by atoms with Crippen LogP contribution in [0.25, 0.3) is 11.3 Å². The number of aromatic nitrogens is 1. The summed E-state index contributed by atoms with van der Waals surface area (Å²) in [6, 6.07) is 11.6. The van der Waals surface area contributed by atoms with Gasteiger partial charge in [-0.3, -0.25) is 0 Å². The van der Waals surface area contributed by atoms with Gasteiger partial charge >= 0.3 is 0 Å². The Morgan fingerprint density at radius 2 is 2.13 bits per heavy atom. The minimum atomic E-state index is 0.441. The van der Waals surface area contributed by atoms with Crippen molar-refractivity contribution >= 4 is 6.21 Å². The highest BCUT2D eigenvalue weighted by Crippen LogP contribution is 2.18. The van der Waals surface area contributed by atoms with Gasteiger partial charge in [0.25, 0.3) is 0 Å². The maximum Gasteiger partial charge on any atom is 0.142 e. The van der Waals surface area contributed by atoms with Crippen LogP contribution in [0.15, 0.2) is 46.1 Å². The highest BCUT2D eigenvalue weighted by molar-refractivity contribution is 5.62. The molecule has 0 saturated carbocycles. The van der Waals surface area contributed by atoms with Crippen LogP contribution in [0.4, 0.5) is 0 Å². The number of hydrogen-bond donors (Lipinski definition) is 1. The summed E-state index contributed by atoms with van der Waals surface area (Å²) in [5.41, 5.74) is 1.80. The summed E-state index contributed by atoms with van der Waals surface area (Å²) in [5.74, 6) is 0.673. The Balaban J connectivity index is 2.20. The second-order valence-electron chi connectivity index (χ2n) is 3.05. The quantitative estimate of drug-likeness (QED) is 0.472. The van der Waals surface area contributed by atoms with Crippen LogP contribution in [0.3, 0.4) is 0 Å². The number of rotatable bonds is 3. The Hall–Kier alpha value is -2.10. The lowest BCUT2D eigenvalue weighted by atomic mass is 10.1. The summed E-state index contributed by atoms with van der Waals surface area (Å²) in [6.45, 7) is 0. The third-order valence-corrected chi connectivity index (χ3v) is 2.00. The number of oxime groups is 1.